The maximum atomic E-state index is 6.45. The molecular formula is C11H6Br2ClIS. The third kappa shape index (κ3) is 3.02. The van der Waals surface area contributed by atoms with Gasteiger partial charge in [0, 0.05) is 12.9 Å². The lowest BCUT2D eigenvalue weighted by Crippen LogP contribution is -1.90. The first-order valence-corrected chi connectivity index (χ1v) is 8.34. The molecule has 0 spiro atoms. The second-order valence-electron chi connectivity index (χ2n) is 3.19. The van der Waals surface area contributed by atoms with Crippen LogP contribution in [0.2, 0.25) is 0 Å². The van der Waals surface area contributed by atoms with Gasteiger partial charge in [0.1, 0.15) is 0 Å². The molecule has 5 heteroatoms. The third-order valence-electron chi connectivity index (χ3n) is 2.06. The van der Waals surface area contributed by atoms with Crippen molar-refractivity contribution in [1.29, 1.82) is 0 Å². The Bertz CT molecular complexity index is 493. The summed E-state index contributed by atoms with van der Waals surface area (Å²) in [5.41, 5.74) is 1.13. The number of alkyl halides is 1. The van der Waals surface area contributed by atoms with Crippen molar-refractivity contribution in [1.82, 2.24) is 0 Å². The minimum atomic E-state index is -0.0812. The SMILES string of the molecule is ClC(c1cccc(I)c1)c1cc(Br)c(Br)s1. The molecule has 0 saturated heterocycles. The van der Waals surface area contributed by atoms with Crippen molar-refractivity contribution in [2.45, 2.75) is 5.38 Å². The highest BCUT2D eigenvalue weighted by Gasteiger charge is 2.15. The molecule has 0 nitrogen and oxygen atoms in total. The molecule has 0 radical (unpaired) electrons. The molecular weight excluding hydrogens is 486 g/mol. The van der Waals surface area contributed by atoms with Gasteiger partial charge in [-0.2, -0.15) is 0 Å². The quantitative estimate of drug-likeness (QED) is 0.346. The first-order chi connectivity index (χ1) is 7.58. The minimum Gasteiger partial charge on any atom is -0.130 e. The van der Waals surface area contributed by atoms with E-state index in [1.807, 2.05) is 6.07 Å². The van der Waals surface area contributed by atoms with Crippen LogP contribution in [0.25, 0.3) is 0 Å². The van der Waals surface area contributed by atoms with Crippen molar-refractivity contribution in [2.75, 3.05) is 0 Å². The number of hydrogen-bond acceptors (Lipinski definition) is 1. The van der Waals surface area contributed by atoms with Crippen LogP contribution in [0.1, 0.15) is 15.8 Å². The van der Waals surface area contributed by atoms with Crippen molar-refractivity contribution >= 4 is 77.4 Å². The molecule has 0 aliphatic carbocycles. The molecule has 1 aromatic heterocycles. The predicted octanol–water partition coefficient (Wildman–Crippen LogP) is 6.21. The van der Waals surface area contributed by atoms with E-state index in [9.17, 15) is 0 Å². The van der Waals surface area contributed by atoms with E-state index >= 15 is 0 Å². The molecule has 1 heterocycles. The van der Waals surface area contributed by atoms with Crippen LogP contribution in [0.3, 0.4) is 0 Å². The van der Waals surface area contributed by atoms with Crippen LogP contribution in [-0.4, -0.2) is 0 Å². The predicted molar refractivity (Wildman–Crippen MR) is 86.6 cm³/mol. The largest absolute Gasteiger partial charge is 0.130 e. The molecule has 0 amide bonds. The Morgan fingerprint density at radius 1 is 1.25 bits per heavy atom. The number of thiophene rings is 1. The van der Waals surface area contributed by atoms with E-state index in [1.165, 1.54) is 3.57 Å². The van der Waals surface area contributed by atoms with Crippen LogP contribution in [0.15, 0.2) is 38.6 Å². The molecule has 0 N–H and O–H groups in total. The van der Waals surface area contributed by atoms with Gasteiger partial charge in [-0.3, -0.25) is 0 Å². The summed E-state index contributed by atoms with van der Waals surface area (Å²) in [6, 6.07) is 10.3. The summed E-state index contributed by atoms with van der Waals surface area (Å²) < 4.78 is 3.35. The van der Waals surface area contributed by atoms with E-state index in [0.717, 1.165) is 18.7 Å². The summed E-state index contributed by atoms with van der Waals surface area (Å²) in [6.45, 7) is 0. The van der Waals surface area contributed by atoms with Gasteiger partial charge < -0.3 is 0 Å². The number of benzene rings is 1. The molecule has 1 atom stereocenters. The Hall–Kier alpha value is 0.900. The molecule has 2 aromatic rings. The molecule has 0 aliphatic rings. The molecule has 2 rings (SSSR count). The van der Waals surface area contributed by atoms with Gasteiger partial charge in [-0.15, -0.1) is 22.9 Å². The maximum absolute atomic E-state index is 6.45. The zero-order valence-electron chi connectivity index (χ0n) is 7.88. The van der Waals surface area contributed by atoms with Crippen LogP contribution < -0.4 is 0 Å². The second-order valence-corrected chi connectivity index (χ2v) is 8.13. The number of rotatable bonds is 2. The van der Waals surface area contributed by atoms with Crippen LogP contribution in [0.5, 0.6) is 0 Å². The van der Waals surface area contributed by atoms with E-state index in [1.54, 1.807) is 11.3 Å². The summed E-state index contributed by atoms with van der Waals surface area (Å²) in [5, 5.41) is -0.0812. The molecule has 0 bridgehead atoms. The van der Waals surface area contributed by atoms with Crippen molar-refractivity contribution in [3.63, 3.8) is 0 Å². The lowest BCUT2D eigenvalue weighted by Gasteiger charge is -2.07. The van der Waals surface area contributed by atoms with Gasteiger partial charge in [0.05, 0.1) is 9.16 Å². The van der Waals surface area contributed by atoms with Gasteiger partial charge >= 0.3 is 0 Å². The van der Waals surface area contributed by atoms with Crippen molar-refractivity contribution in [3.05, 3.63) is 52.6 Å². The van der Waals surface area contributed by atoms with E-state index in [2.05, 4.69) is 78.7 Å². The summed E-state index contributed by atoms with van der Waals surface area (Å²) in [5.74, 6) is 0. The molecule has 0 fully saturated rings. The lowest BCUT2D eigenvalue weighted by atomic mass is 10.1. The fourth-order valence-electron chi connectivity index (χ4n) is 1.32. The van der Waals surface area contributed by atoms with Gasteiger partial charge in [-0.1, -0.05) is 12.1 Å². The Kier molecular flexibility index (Phi) is 4.74. The van der Waals surface area contributed by atoms with Crippen molar-refractivity contribution in [2.24, 2.45) is 0 Å². The highest BCUT2D eigenvalue weighted by Crippen LogP contribution is 2.40. The highest BCUT2D eigenvalue weighted by molar-refractivity contribution is 14.1. The molecule has 0 saturated carbocycles. The second kappa shape index (κ2) is 5.69. The van der Waals surface area contributed by atoms with Gasteiger partial charge in [0.15, 0.2) is 0 Å². The zero-order valence-corrected chi connectivity index (χ0v) is 14.8. The Balaban J connectivity index is 2.35. The standard InChI is InChI=1S/C11H6Br2ClIS/c12-8-5-9(16-11(8)13)10(14)6-2-1-3-7(15)4-6/h1-5,10H. The Morgan fingerprint density at radius 3 is 2.56 bits per heavy atom. The summed E-state index contributed by atoms with van der Waals surface area (Å²) in [6.07, 6.45) is 0. The van der Waals surface area contributed by atoms with Crippen LogP contribution in [0.4, 0.5) is 0 Å². The molecule has 16 heavy (non-hydrogen) atoms. The van der Waals surface area contributed by atoms with Crippen molar-refractivity contribution in [3.8, 4) is 0 Å². The first-order valence-electron chi connectivity index (χ1n) is 4.42. The zero-order chi connectivity index (χ0) is 11.7. The van der Waals surface area contributed by atoms with E-state index in [4.69, 9.17) is 11.6 Å². The van der Waals surface area contributed by atoms with Crippen LogP contribution >= 0.6 is 77.4 Å². The first kappa shape index (κ1) is 13.3. The maximum Gasteiger partial charge on any atom is 0.0928 e. The summed E-state index contributed by atoms with van der Waals surface area (Å²) in [4.78, 5) is 1.14. The van der Waals surface area contributed by atoms with E-state index in [-0.39, 0.29) is 5.38 Å². The van der Waals surface area contributed by atoms with Crippen LogP contribution in [0, 0.1) is 3.57 Å². The minimum absolute atomic E-state index is 0.0812. The summed E-state index contributed by atoms with van der Waals surface area (Å²) >= 11 is 17.4. The molecule has 0 aliphatic heterocycles. The summed E-state index contributed by atoms with van der Waals surface area (Å²) in [7, 11) is 0. The highest BCUT2D eigenvalue weighted by atomic mass is 127. The lowest BCUT2D eigenvalue weighted by molar-refractivity contribution is 1.18. The topological polar surface area (TPSA) is 0 Å². The van der Waals surface area contributed by atoms with Gasteiger partial charge in [-0.25, -0.2) is 0 Å². The average Bonchev–Trinajstić information content (AvgIpc) is 2.58. The molecule has 1 unspecified atom stereocenters. The number of halogens is 4. The van der Waals surface area contributed by atoms with Gasteiger partial charge in [-0.05, 0) is 78.2 Å². The molecule has 84 valence electrons. The van der Waals surface area contributed by atoms with Gasteiger partial charge in [0.2, 0.25) is 0 Å². The number of hydrogen-bond donors (Lipinski definition) is 0. The smallest absolute Gasteiger partial charge is 0.0928 e. The normalized spacial score (nSPS) is 12.8. The van der Waals surface area contributed by atoms with E-state index < -0.39 is 0 Å². The fraction of sp³-hybridized carbons (Fsp3) is 0.0909. The van der Waals surface area contributed by atoms with Crippen LogP contribution in [-0.2, 0) is 0 Å². The monoisotopic (exact) mass is 490 g/mol. The van der Waals surface area contributed by atoms with Crippen molar-refractivity contribution < 1.29 is 0 Å². The average molecular weight is 492 g/mol. The Labute approximate surface area is 134 Å². The molecule has 1 aromatic carbocycles. The third-order valence-corrected chi connectivity index (χ3v) is 6.66. The fourth-order valence-corrected chi connectivity index (χ4v) is 4.31. The van der Waals surface area contributed by atoms with Gasteiger partial charge in [0.25, 0.3) is 0 Å². The Morgan fingerprint density at radius 2 is 2.00 bits per heavy atom. The van der Waals surface area contributed by atoms with E-state index in [0.29, 0.717) is 0 Å².